The van der Waals surface area contributed by atoms with Gasteiger partial charge in [-0.15, -0.1) is 0 Å². The van der Waals surface area contributed by atoms with Crippen molar-refractivity contribution in [2.45, 2.75) is 19.9 Å². The van der Waals surface area contributed by atoms with Gasteiger partial charge in [0.15, 0.2) is 0 Å². The van der Waals surface area contributed by atoms with Gasteiger partial charge in [-0.05, 0) is 19.9 Å². The van der Waals surface area contributed by atoms with Crippen molar-refractivity contribution in [3.05, 3.63) is 29.0 Å². The summed E-state index contributed by atoms with van der Waals surface area (Å²) in [4.78, 5) is 15.5. The molecular formula is C11H15ClN2O2. The Hall–Kier alpha value is -1.13. The molecular weight excluding hydrogens is 228 g/mol. The number of methoxy groups -OCH3 is 1. The average Bonchev–Trinajstić information content (AvgIpc) is 2.27. The van der Waals surface area contributed by atoms with Crippen molar-refractivity contribution in [2.75, 3.05) is 7.11 Å². The SMILES string of the molecule is COC(=O)C(C)(C)[C@H](N)c1cccnc1Cl. The van der Waals surface area contributed by atoms with E-state index in [9.17, 15) is 4.79 Å². The van der Waals surface area contributed by atoms with Crippen LogP contribution in [-0.4, -0.2) is 18.1 Å². The number of aromatic nitrogens is 1. The standard InChI is InChI=1S/C11H15ClN2O2/c1-11(2,10(15)16-3)8(13)7-5-4-6-14-9(7)12/h4-6,8H,13H2,1-3H3/t8-/m1/s1. The van der Waals surface area contributed by atoms with Crippen molar-refractivity contribution in [1.29, 1.82) is 0 Å². The minimum atomic E-state index is -0.846. The van der Waals surface area contributed by atoms with E-state index in [1.165, 1.54) is 7.11 Å². The Labute approximate surface area is 99.8 Å². The Balaban J connectivity index is 3.07. The predicted molar refractivity (Wildman–Crippen MR) is 62.0 cm³/mol. The minimum Gasteiger partial charge on any atom is -0.469 e. The van der Waals surface area contributed by atoms with E-state index in [2.05, 4.69) is 4.98 Å². The van der Waals surface area contributed by atoms with Gasteiger partial charge in [-0.2, -0.15) is 0 Å². The number of halogens is 1. The molecule has 0 aliphatic carbocycles. The number of hydrogen-bond acceptors (Lipinski definition) is 4. The first-order valence-corrected chi connectivity index (χ1v) is 5.23. The second-order valence-corrected chi connectivity index (χ2v) is 4.43. The lowest BCUT2D eigenvalue weighted by Gasteiger charge is -2.29. The van der Waals surface area contributed by atoms with Crippen molar-refractivity contribution in [1.82, 2.24) is 4.98 Å². The van der Waals surface area contributed by atoms with Crippen LogP contribution in [0.25, 0.3) is 0 Å². The van der Waals surface area contributed by atoms with E-state index in [0.717, 1.165) is 0 Å². The molecule has 1 aromatic heterocycles. The molecule has 1 atom stereocenters. The molecule has 1 rings (SSSR count). The lowest BCUT2D eigenvalue weighted by Crippen LogP contribution is -2.37. The third-order valence-corrected chi connectivity index (χ3v) is 2.93. The molecule has 88 valence electrons. The maximum Gasteiger partial charge on any atom is 0.313 e. The molecule has 0 aliphatic heterocycles. The summed E-state index contributed by atoms with van der Waals surface area (Å²) in [5.74, 6) is -0.375. The molecule has 0 spiro atoms. The van der Waals surface area contributed by atoms with Gasteiger partial charge >= 0.3 is 5.97 Å². The molecule has 0 aliphatic rings. The van der Waals surface area contributed by atoms with Gasteiger partial charge < -0.3 is 10.5 Å². The van der Waals surface area contributed by atoms with E-state index >= 15 is 0 Å². The molecule has 0 amide bonds. The second kappa shape index (κ2) is 4.80. The Morgan fingerprint density at radius 3 is 2.75 bits per heavy atom. The zero-order valence-electron chi connectivity index (χ0n) is 9.53. The third kappa shape index (κ3) is 2.33. The van der Waals surface area contributed by atoms with E-state index in [1.807, 2.05) is 0 Å². The van der Waals surface area contributed by atoms with Crippen molar-refractivity contribution < 1.29 is 9.53 Å². The Bertz CT molecular complexity index is 393. The summed E-state index contributed by atoms with van der Waals surface area (Å²) in [6, 6.07) is 2.93. The van der Waals surface area contributed by atoms with Crippen LogP contribution in [0.2, 0.25) is 5.15 Å². The first-order chi connectivity index (χ1) is 7.41. The van der Waals surface area contributed by atoms with Crippen molar-refractivity contribution in [2.24, 2.45) is 11.1 Å². The second-order valence-electron chi connectivity index (χ2n) is 4.07. The van der Waals surface area contributed by atoms with Crippen LogP contribution in [0.5, 0.6) is 0 Å². The zero-order chi connectivity index (χ0) is 12.3. The van der Waals surface area contributed by atoms with Gasteiger partial charge in [-0.25, -0.2) is 4.98 Å². The van der Waals surface area contributed by atoms with Crippen LogP contribution in [-0.2, 0) is 9.53 Å². The van der Waals surface area contributed by atoms with Gasteiger partial charge in [-0.1, -0.05) is 17.7 Å². The first-order valence-electron chi connectivity index (χ1n) is 4.85. The first kappa shape index (κ1) is 12.9. The molecule has 0 saturated carbocycles. The van der Waals surface area contributed by atoms with Crippen LogP contribution in [0.3, 0.4) is 0 Å². The topological polar surface area (TPSA) is 65.2 Å². The normalized spacial score (nSPS) is 13.3. The van der Waals surface area contributed by atoms with Crippen LogP contribution >= 0.6 is 11.6 Å². The maximum absolute atomic E-state index is 11.6. The molecule has 0 radical (unpaired) electrons. The molecule has 0 unspecified atom stereocenters. The highest BCUT2D eigenvalue weighted by atomic mass is 35.5. The number of pyridine rings is 1. The van der Waals surface area contributed by atoms with E-state index in [4.69, 9.17) is 22.1 Å². The Kier molecular flexibility index (Phi) is 3.88. The largest absolute Gasteiger partial charge is 0.469 e. The van der Waals surface area contributed by atoms with Gasteiger partial charge in [0.25, 0.3) is 0 Å². The van der Waals surface area contributed by atoms with Gasteiger partial charge in [0.2, 0.25) is 0 Å². The molecule has 0 aromatic carbocycles. The summed E-state index contributed by atoms with van der Waals surface area (Å²) in [5.41, 5.74) is 5.82. The zero-order valence-corrected chi connectivity index (χ0v) is 10.3. The van der Waals surface area contributed by atoms with Crippen molar-refractivity contribution >= 4 is 17.6 Å². The lowest BCUT2D eigenvalue weighted by molar-refractivity contribution is -0.152. The van der Waals surface area contributed by atoms with E-state index < -0.39 is 11.5 Å². The van der Waals surface area contributed by atoms with Crippen molar-refractivity contribution in [3.8, 4) is 0 Å². The van der Waals surface area contributed by atoms with Gasteiger partial charge in [0.1, 0.15) is 5.15 Å². The summed E-state index contributed by atoms with van der Waals surface area (Å²) in [6.45, 7) is 3.43. The van der Waals surface area contributed by atoms with Gasteiger partial charge in [-0.3, -0.25) is 4.79 Å². The average molecular weight is 243 g/mol. The van der Waals surface area contributed by atoms with Crippen LogP contribution in [0.15, 0.2) is 18.3 Å². The highest BCUT2D eigenvalue weighted by molar-refractivity contribution is 6.30. The minimum absolute atomic E-state index is 0.312. The van der Waals surface area contributed by atoms with E-state index in [-0.39, 0.29) is 5.97 Å². The summed E-state index contributed by atoms with van der Waals surface area (Å²) in [7, 11) is 1.33. The van der Waals surface area contributed by atoms with E-state index in [1.54, 1.807) is 32.2 Å². The molecule has 1 heterocycles. The summed E-state index contributed by atoms with van der Waals surface area (Å²) in [6.07, 6.45) is 1.57. The maximum atomic E-state index is 11.6. The smallest absolute Gasteiger partial charge is 0.313 e. The molecule has 0 saturated heterocycles. The van der Waals surface area contributed by atoms with Crippen LogP contribution in [0.4, 0.5) is 0 Å². The molecule has 16 heavy (non-hydrogen) atoms. The number of ether oxygens (including phenoxy) is 1. The quantitative estimate of drug-likeness (QED) is 0.650. The molecule has 2 N–H and O–H groups in total. The summed E-state index contributed by atoms with van der Waals surface area (Å²) < 4.78 is 4.72. The molecule has 4 nitrogen and oxygen atoms in total. The highest BCUT2D eigenvalue weighted by Gasteiger charge is 2.37. The monoisotopic (exact) mass is 242 g/mol. The van der Waals surface area contributed by atoms with Crippen LogP contribution < -0.4 is 5.73 Å². The van der Waals surface area contributed by atoms with Crippen molar-refractivity contribution in [3.63, 3.8) is 0 Å². The number of nitrogens with two attached hydrogens (primary N) is 1. The van der Waals surface area contributed by atoms with Gasteiger partial charge in [0.05, 0.1) is 12.5 Å². The molecule has 1 aromatic rings. The number of rotatable bonds is 3. The number of hydrogen-bond donors (Lipinski definition) is 1. The number of carbonyl (C=O) groups is 1. The summed E-state index contributed by atoms with van der Waals surface area (Å²) >= 11 is 5.93. The van der Waals surface area contributed by atoms with Crippen LogP contribution in [0, 0.1) is 5.41 Å². The van der Waals surface area contributed by atoms with Crippen LogP contribution in [0.1, 0.15) is 25.5 Å². The number of carbonyl (C=O) groups excluding carboxylic acids is 1. The number of esters is 1. The third-order valence-electron chi connectivity index (χ3n) is 2.61. The summed E-state index contributed by atoms with van der Waals surface area (Å²) in [5, 5.41) is 0.312. The Morgan fingerprint density at radius 1 is 1.62 bits per heavy atom. The fourth-order valence-corrected chi connectivity index (χ4v) is 1.65. The molecule has 0 bridgehead atoms. The van der Waals surface area contributed by atoms with Gasteiger partial charge in [0, 0.05) is 17.8 Å². The fourth-order valence-electron chi connectivity index (χ4n) is 1.41. The molecule has 0 fully saturated rings. The predicted octanol–water partition coefficient (Wildman–Crippen LogP) is 1.93. The lowest BCUT2D eigenvalue weighted by atomic mass is 9.81. The highest BCUT2D eigenvalue weighted by Crippen LogP contribution is 2.34. The molecule has 5 heteroatoms. The Morgan fingerprint density at radius 2 is 2.25 bits per heavy atom. The number of nitrogens with zero attached hydrogens (tertiary/aromatic N) is 1. The van der Waals surface area contributed by atoms with E-state index in [0.29, 0.717) is 10.7 Å². The fraction of sp³-hybridized carbons (Fsp3) is 0.455.